The second-order valence-corrected chi connectivity index (χ2v) is 3.60. The van der Waals surface area contributed by atoms with Gasteiger partial charge in [0.25, 0.3) is 0 Å². The van der Waals surface area contributed by atoms with E-state index in [-0.39, 0.29) is 12.4 Å². The van der Waals surface area contributed by atoms with E-state index in [2.05, 4.69) is 0 Å². The Balaban J connectivity index is 0.00000196. The van der Waals surface area contributed by atoms with Crippen molar-refractivity contribution in [1.29, 1.82) is 0 Å². The molecule has 1 heterocycles. The SMILES string of the molecule is CC(C(=O)O)N1CCCCC1C(=O)O.Cl. The van der Waals surface area contributed by atoms with Gasteiger partial charge in [-0.05, 0) is 26.3 Å². The second-order valence-electron chi connectivity index (χ2n) is 3.60. The topological polar surface area (TPSA) is 77.8 Å². The summed E-state index contributed by atoms with van der Waals surface area (Å²) in [4.78, 5) is 23.1. The van der Waals surface area contributed by atoms with Gasteiger partial charge in [0.1, 0.15) is 12.1 Å². The quantitative estimate of drug-likeness (QED) is 0.760. The molecule has 15 heavy (non-hydrogen) atoms. The Morgan fingerprint density at radius 2 is 1.93 bits per heavy atom. The molecule has 5 nitrogen and oxygen atoms in total. The summed E-state index contributed by atoms with van der Waals surface area (Å²) in [5.41, 5.74) is 0. The van der Waals surface area contributed by atoms with Crippen LogP contribution in [0.3, 0.4) is 0 Å². The standard InChI is InChI=1S/C9H15NO4.ClH/c1-6(8(11)12)10-5-3-2-4-7(10)9(13)14;/h6-7H,2-5H2,1H3,(H,11,12)(H,13,14);1H. The Morgan fingerprint density at radius 1 is 1.33 bits per heavy atom. The molecule has 0 radical (unpaired) electrons. The van der Waals surface area contributed by atoms with Crippen LogP contribution in [-0.2, 0) is 9.59 Å². The molecule has 0 spiro atoms. The Kier molecular flexibility index (Phi) is 5.60. The van der Waals surface area contributed by atoms with Gasteiger partial charge in [-0.3, -0.25) is 14.5 Å². The lowest BCUT2D eigenvalue weighted by Crippen LogP contribution is -2.51. The van der Waals surface area contributed by atoms with Crippen LogP contribution in [0, 0.1) is 0 Å². The van der Waals surface area contributed by atoms with Crippen molar-refractivity contribution in [3.05, 3.63) is 0 Å². The number of hydrogen-bond donors (Lipinski definition) is 2. The third kappa shape index (κ3) is 3.35. The lowest BCUT2D eigenvalue weighted by atomic mass is 10.0. The Morgan fingerprint density at radius 3 is 2.40 bits per heavy atom. The van der Waals surface area contributed by atoms with Gasteiger partial charge in [0.05, 0.1) is 0 Å². The van der Waals surface area contributed by atoms with Crippen LogP contribution in [0.2, 0.25) is 0 Å². The van der Waals surface area contributed by atoms with E-state index >= 15 is 0 Å². The monoisotopic (exact) mass is 237 g/mol. The van der Waals surface area contributed by atoms with Gasteiger partial charge in [-0.15, -0.1) is 12.4 Å². The first-order valence-electron chi connectivity index (χ1n) is 4.75. The van der Waals surface area contributed by atoms with Crippen molar-refractivity contribution >= 4 is 24.3 Å². The lowest BCUT2D eigenvalue weighted by molar-refractivity contribution is -0.151. The first-order valence-corrected chi connectivity index (χ1v) is 4.75. The first kappa shape index (κ1) is 14.2. The van der Waals surface area contributed by atoms with Crippen LogP contribution in [0.25, 0.3) is 0 Å². The van der Waals surface area contributed by atoms with Crippen molar-refractivity contribution in [3.8, 4) is 0 Å². The maximum atomic E-state index is 10.9. The Bertz CT molecular complexity index is 246. The van der Waals surface area contributed by atoms with Crippen LogP contribution in [0.15, 0.2) is 0 Å². The number of nitrogens with zero attached hydrogens (tertiary/aromatic N) is 1. The summed E-state index contributed by atoms with van der Waals surface area (Å²) in [5, 5.41) is 17.7. The van der Waals surface area contributed by atoms with Crippen LogP contribution in [0.5, 0.6) is 0 Å². The van der Waals surface area contributed by atoms with Crippen molar-refractivity contribution < 1.29 is 19.8 Å². The summed E-state index contributed by atoms with van der Waals surface area (Å²) >= 11 is 0. The molecule has 1 saturated heterocycles. The molecule has 0 aromatic rings. The molecule has 0 aliphatic carbocycles. The fraction of sp³-hybridized carbons (Fsp3) is 0.778. The minimum Gasteiger partial charge on any atom is -0.480 e. The van der Waals surface area contributed by atoms with Crippen molar-refractivity contribution in [2.24, 2.45) is 0 Å². The minimum atomic E-state index is -0.960. The van der Waals surface area contributed by atoms with E-state index in [9.17, 15) is 9.59 Å². The number of hydrogen-bond acceptors (Lipinski definition) is 3. The Labute approximate surface area is 94.5 Å². The summed E-state index contributed by atoms with van der Waals surface area (Å²) < 4.78 is 0. The highest BCUT2D eigenvalue weighted by Gasteiger charge is 2.34. The van der Waals surface area contributed by atoms with Crippen molar-refractivity contribution in [3.63, 3.8) is 0 Å². The molecule has 1 aliphatic rings. The van der Waals surface area contributed by atoms with Gasteiger partial charge >= 0.3 is 11.9 Å². The number of carboxylic acids is 2. The van der Waals surface area contributed by atoms with E-state index in [1.807, 2.05) is 0 Å². The van der Waals surface area contributed by atoms with Gasteiger partial charge in [0.2, 0.25) is 0 Å². The summed E-state index contributed by atoms with van der Waals surface area (Å²) in [6.45, 7) is 2.09. The van der Waals surface area contributed by atoms with Crippen LogP contribution in [-0.4, -0.2) is 45.7 Å². The zero-order valence-electron chi connectivity index (χ0n) is 8.55. The highest BCUT2D eigenvalue weighted by molar-refractivity contribution is 5.85. The molecule has 0 bridgehead atoms. The highest BCUT2D eigenvalue weighted by atomic mass is 35.5. The first-order chi connectivity index (χ1) is 6.54. The number of carbonyl (C=O) groups is 2. The molecular weight excluding hydrogens is 222 g/mol. The maximum Gasteiger partial charge on any atom is 0.320 e. The number of carboxylic acid groups (broad SMARTS) is 2. The van der Waals surface area contributed by atoms with Crippen molar-refractivity contribution in [2.75, 3.05) is 6.54 Å². The predicted octanol–water partition coefficient (Wildman–Crippen LogP) is 0.820. The molecule has 88 valence electrons. The smallest absolute Gasteiger partial charge is 0.320 e. The molecule has 2 N–H and O–H groups in total. The van der Waals surface area contributed by atoms with E-state index in [1.54, 1.807) is 4.90 Å². The normalized spacial score (nSPS) is 23.9. The average molecular weight is 238 g/mol. The molecular formula is C9H16ClNO4. The van der Waals surface area contributed by atoms with Crippen molar-refractivity contribution in [1.82, 2.24) is 4.90 Å². The van der Waals surface area contributed by atoms with E-state index < -0.39 is 24.0 Å². The van der Waals surface area contributed by atoms with E-state index in [0.29, 0.717) is 13.0 Å². The minimum absolute atomic E-state index is 0. The average Bonchev–Trinajstić information content (AvgIpc) is 2.16. The van der Waals surface area contributed by atoms with Crippen LogP contribution in [0.4, 0.5) is 0 Å². The zero-order chi connectivity index (χ0) is 10.7. The molecule has 1 fully saturated rings. The van der Waals surface area contributed by atoms with Gasteiger partial charge in [0.15, 0.2) is 0 Å². The maximum absolute atomic E-state index is 10.9. The molecule has 1 rings (SSSR count). The second kappa shape index (κ2) is 5.92. The molecule has 0 saturated carbocycles. The highest BCUT2D eigenvalue weighted by Crippen LogP contribution is 2.19. The number of piperidine rings is 1. The fourth-order valence-electron chi connectivity index (χ4n) is 1.82. The van der Waals surface area contributed by atoms with Gasteiger partial charge < -0.3 is 10.2 Å². The molecule has 1 aliphatic heterocycles. The molecule has 6 heteroatoms. The number of halogens is 1. The van der Waals surface area contributed by atoms with Crippen molar-refractivity contribution in [2.45, 2.75) is 38.3 Å². The number of likely N-dealkylation sites (tertiary alicyclic amines) is 1. The third-order valence-electron chi connectivity index (χ3n) is 2.68. The summed E-state index contributed by atoms with van der Waals surface area (Å²) in [7, 11) is 0. The number of aliphatic carboxylic acids is 2. The molecule has 0 amide bonds. The fourth-order valence-corrected chi connectivity index (χ4v) is 1.82. The third-order valence-corrected chi connectivity index (χ3v) is 2.68. The number of rotatable bonds is 3. The lowest BCUT2D eigenvalue weighted by Gasteiger charge is -2.35. The van der Waals surface area contributed by atoms with E-state index in [0.717, 1.165) is 12.8 Å². The molecule has 0 aromatic heterocycles. The Hall–Kier alpha value is -0.810. The van der Waals surface area contributed by atoms with Gasteiger partial charge in [-0.1, -0.05) is 6.42 Å². The largest absolute Gasteiger partial charge is 0.480 e. The summed E-state index contributed by atoms with van der Waals surface area (Å²) in [5.74, 6) is -1.88. The van der Waals surface area contributed by atoms with Gasteiger partial charge in [-0.2, -0.15) is 0 Å². The molecule has 2 atom stereocenters. The zero-order valence-corrected chi connectivity index (χ0v) is 9.37. The predicted molar refractivity (Wildman–Crippen MR) is 56.3 cm³/mol. The molecule has 2 unspecified atom stereocenters. The molecule has 0 aromatic carbocycles. The van der Waals surface area contributed by atoms with Crippen LogP contribution >= 0.6 is 12.4 Å². The van der Waals surface area contributed by atoms with E-state index in [4.69, 9.17) is 10.2 Å². The summed E-state index contributed by atoms with van der Waals surface area (Å²) in [6, 6.07) is -1.34. The van der Waals surface area contributed by atoms with Crippen LogP contribution < -0.4 is 0 Å². The van der Waals surface area contributed by atoms with Gasteiger partial charge in [0, 0.05) is 0 Å². The van der Waals surface area contributed by atoms with Gasteiger partial charge in [-0.25, -0.2) is 0 Å². The summed E-state index contributed by atoms with van der Waals surface area (Å²) in [6.07, 6.45) is 2.29. The van der Waals surface area contributed by atoms with E-state index in [1.165, 1.54) is 6.92 Å². The van der Waals surface area contributed by atoms with Crippen LogP contribution in [0.1, 0.15) is 26.2 Å².